The summed E-state index contributed by atoms with van der Waals surface area (Å²) >= 11 is 0. The molecule has 2 amide bonds. The molecule has 1 aromatic rings. The molecule has 4 N–H and O–H groups in total. The van der Waals surface area contributed by atoms with Crippen LogP contribution < -0.4 is 5.73 Å². The number of nitrogens with two attached hydrogens (primary N) is 1. The maximum Gasteiger partial charge on any atom is 0.418 e. The van der Waals surface area contributed by atoms with E-state index in [2.05, 4.69) is 9.38 Å². The van der Waals surface area contributed by atoms with Crippen molar-refractivity contribution in [2.24, 2.45) is 5.73 Å². The number of hydroxylamine groups is 2. The zero-order valence-electron chi connectivity index (χ0n) is 10.6. The predicted molar refractivity (Wildman–Crippen MR) is 67.5 cm³/mol. The fraction of sp³-hybridized carbons (Fsp3) is 0.444. The van der Waals surface area contributed by atoms with Crippen LogP contribution in [0.5, 0.6) is 0 Å². The molecule has 0 aromatic carbocycles. The fourth-order valence-electron chi connectivity index (χ4n) is 2.75. The van der Waals surface area contributed by atoms with Gasteiger partial charge in [-0.2, -0.15) is 18.6 Å². The summed E-state index contributed by atoms with van der Waals surface area (Å²) in [4.78, 5) is 13.5. The molecule has 0 saturated carbocycles. The fourth-order valence-corrected chi connectivity index (χ4v) is 3.12. The van der Waals surface area contributed by atoms with Crippen LogP contribution in [-0.4, -0.2) is 58.2 Å². The average molecular weight is 316 g/mol. The lowest BCUT2D eigenvalue weighted by molar-refractivity contribution is -0.0317. The second-order valence-corrected chi connectivity index (χ2v) is 5.59. The maximum absolute atomic E-state index is 12.2. The largest absolute Gasteiger partial charge is 0.418 e. The van der Waals surface area contributed by atoms with Crippen LogP contribution >= 0.6 is 0 Å². The highest BCUT2D eigenvalue weighted by Crippen LogP contribution is 2.43. The summed E-state index contributed by atoms with van der Waals surface area (Å²) in [5.74, 6) is 0. The van der Waals surface area contributed by atoms with E-state index in [9.17, 15) is 13.2 Å². The lowest BCUT2D eigenvalue weighted by Gasteiger charge is -2.29. The molecule has 2 atom stereocenters. The van der Waals surface area contributed by atoms with E-state index in [1.165, 1.54) is 15.8 Å². The van der Waals surface area contributed by atoms with Crippen molar-refractivity contribution < 1.29 is 22.0 Å². The summed E-state index contributed by atoms with van der Waals surface area (Å²) in [6.07, 6.45) is 2.38. The Labute approximate surface area is 119 Å². The van der Waals surface area contributed by atoms with Gasteiger partial charge in [0.2, 0.25) is 0 Å². The summed E-state index contributed by atoms with van der Waals surface area (Å²) in [5, 5.41) is 11.9. The third-order valence-electron chi connectivity index (χ3n) is 3.52. The average Bonchev–Trinajstić information content (AvgIpc) is 2.94. The van der Waals surface area contributed by atoms with Crippen LogP contribution in [0, 0.1) is 5.41 Å². The first-order valence-corrected chi connectivity index (χ1v) is 7.28. The van der Waals surface area contributed by atoms with Crippen molar-refractivity contribution in [3.8, 4) is 0 Å². The second-order valence-electron chi connectivity index (χ2n) is 4.59. The first-order valence-electron chi connectivity index (χ1n) is 5.92. The van der Waals surface area contributed by atoms with Crippen molar-refractivity contribution >= 4 is 22.8 Å². The van der Waals surface area contributed by atoms with Crippen molar-refractivity contribution in [2.75, 3.05) is 13.1 Å². The Morgan fingerprint density at radius 1 is 1.62 bits per heavy atom. The third-order valence-corrected chi connectivity index (χ3v) is 3.87. The normalized spacial score (nSPS) is 24.4. The van der Waals surface area contributed by atoms with Crippen molar-refractivity contribution in [2.45, 2.75) is 12.1 Å². The van der Waals surface area contributed by atoms with Crippen molar-refractivity contribution in [3.05, 3.63) is 17.5 Å². The van der Waals surface area contributed by atoms with Crippen LogP contribution in [0.1, 0.15) is 23.3 Å². The van der Waals surface area contributed by atoms with Gasteiger partial charge < -0.3 is 10.6 Å². The molecular formula is C9H12N6O5S. The second kappa shape index (κ2) is 4.49. The molecule has 0 radical (unpaired) electrons. The molecule has 3 heterocycles. The maximum atomic E-state index is 12.2. The van der Waals surface area contributed by atoms with Gasteiger partial charge in [0.15, 0.2) is 0 Å². The molecule has 21 heavy (non-hydrogen) atoms. The molecule has 0 aliphatic carbocycles. The van der Waals surface area contributed by atoms with Gasteiger partial charge >= 0.3 is 16.4 Å². The molecule has 2 aliphatic heterocycles. The highest BCUT2D eigenvalue weighted by Gasteiger charge is 2.51. The summed E-state index contributed by atoms with van der Waals surface area (Å²) in [7, 11) is -4.83. The van der Waals surface area contributed by atoms with E-state index in [0.29, 0.717) is 16.3 Å². The van der Waals surface area contributed by atoms with Crippen LogP contribution in [0.4, 0.5) is 4.79 Å². The van der Waals surface area contributed by atoms with E-state index in [1.807, 2.05) is 0 Å². The number of fused-ring (bicyclic) bond motifs is 4. The van der Waals surface area contributed by atoms with Gasteiger partial charge in [-0.15, -0.1) is 4.28 Å². The van der Waals surface area contributed by atoms with Crippen LogP contribution in [0.2, 0.25) is 0 Å². The molecule has 114 valence electrons. The minimum atomic E-state index is -4.83. The quantitative estimate of drug-likeness (QED) is 0.360. The Kier molecular flexibility index (Phi) is 2.98. The zero-order chi connectivity index (χ0) is 15.4. The topological polar surface area (TPSA) is 155 Å². The minimum Gasteiger partial charge on any atom is -0.328 e. The Bertz CT molecular complexity index is 714. The lowest BCUT2D eigenvalue weighted by Crippen LogP contribution is -2.39. The van der Waals surface area contributed by atoms with E-state index in [4.69, 9.17) is 15.7 Å². The first-order chi connectivity index (χ1) is 9.87. The number of hydrogen-bond donors (Lipinski definition) is 3. The monoisotopic (exact) mass is 316 g/mol. The molecule has 1 saturated heterocycles. The SMILES string of the molecule is N=Cn1ncc2c1C(CN)N1CC2N(OS(=O)(=O)O)C1=O. The molecule has 3 rings (SSSR count). The first kappa shape index (κ1) is 13.9. The smallest absolute Gasteiger partial charge is 0.328 e. The van der Waals surface area contributed by atoms with Crippen molar-refractivity contribution in [3.63, 3.8) is 0 Å². The van der Waals surface area contributed by atoms with Gasteiger partial charge in [0, 0.05) is 12.1 Å². The molecule has 2 unspecified atom stereocenters. The summed E-state index contributed by atoms with van der Waals surface area (Å²) in [5.41, 5.74) is 6.74. The third kappa shape index (κ3) is 1.99. The summed E-state index contributed by atoms with van der Waals surface area (Å²) in [6.45, 7) is 0.234. The van der Waals surface area contributed by atoms with E-state index in [-0.39, 0.29) is 13.1 Å². The predicted octanol–water partition coefficient (Wildman–Crippen LogP) is -1.14. The van der Waals surface area contributed by atoms with Gasteiger partial charge in [-0.25, -0.2) is 9.48 Å². The van der Waals surface area contributed by atoms with Gasteiger partial charge in [-0.3, -0.25) is 9.96 Å². The molecule has 1 fully saturated rings. The number of urea groups is 1. The van der Waals surface area contributed by atoms with Crippen molar-refractivity contribution in [1.82, 2.24) is 19.7 Å². The van der Waals surface area contributed by atoms with Crippen molar-refractivity contribution in [1.29, 1.82) is 5.41 Å². The van der Waals surface area contributed by atoms with Gasteiger partial charge in [0.1, 0.15) is 12.4 Å². The molecule has 1 aromatic heterocycles. The van der Waals surface area contributed by atoms with Gasteiger partial charge in [-0.05, 0) is 0 Å². The summed E-state index contributed by atoms with van der Waals surface area (Å²) in [6, 6.07) is -2.02. The van der Waals surface area contributed by atoms with Crippen LogP contribution in [0.25, 0.3) is 0 Å². The highest BCUT2D eigenvalue weighted by atomic mass is 32.3. The molecular weight excluding hydrogens is 304 g/mol. The number of hydrogen-bond acceptors (Lipinski definition) is 7. The van der Waals surface area contributed by atoms with Gasteiger partial charge in [-0.1, -0.05) is 0 Å². The zero-order valence-corrected chi connectivity index (χ0v) is 11.4. The molecule has 11 nitrogen and oxygen atoms in total. The van der Waals surface area contributed by atoms with E-state index >= 15 is 0 Å². The number of nitrogens with one attached hydrogen (secondary N) is 1. The molecule has 12 heteroatoms. The number of aromatic nitrogens is 2. The number of carbonyl (C=O) groups excluding carboxylic acids is 1. The number of rotatable bonds is 4. The van der Waals surface area contributed by atoms with Gasteiger partial charge in [0.25, 0.3) is 0 Å². The van der Waals surface area contributed by atoms with Crippen LogP contribution in [0.3, 0.4) is 0 Å². The lowest BCUT2D eigenvalue weighted by atomic mass is 9.98. The van der Waals surface area contributed by atoms with E-state index in [0.717, 1.165) is 6.34 Å². The van der Waals surface area contributed by atoms with Crippen LogP contribution in [-0.2, 0) is 14.7 Å². The number of carbonyl (C=O) groups is 1. The Morgan fingerprint density at radius 2 is 2.33 bits per heavy atom. The molecule has 2 aliphatic rings. The number of nitrogens with zero attached hydrogens (tertiary/aromatic N) is 4. The molecule has 0 spiro atoms. The molecule has 2 bridgehead atoms. The van der Waals surface area contributed by atoms with E-state index in [1.54, 1.807) is 0 Å². The van der Waals surface area contributed by atoms with E-state index < -0.39 is 28.5 Å². The highest BCUT2D eigenvalue weighted by molar-refractivity contribution is 7.80. The summed E-state index contributed by atoms with van der Waals surface area (Å²) < 4.78 is 36.2. The Morgan fingerprint density at radius 3 is 2.90 bits per heavy atom. The number of amides is 2. The van der Waals surface area contributed by atoms with Crippen LogP contribution in [0.15, 0.2) is 6.20 Å². The minimum absolute atomic E-state index is 0.0741. The van der Waals surface area contributed by atoms with Gasteiger partial charge in [0.05, 0.1) is 24.5 Å². The Balaban J connectivity index is 2.10. The standard InChI is InChI=1S/C9H12N6O5S/c10-1-6-8-5(2-12-14(8)4-11)7-3-13(6)9(16)15(7)20-21(17,18)19/h2,4,6-7,11H,1,3,10H2,(H,17,18,19). The Hall–Kier alpha value is -2.02.